The number of benzene rings is 4. The van der Waals surface area contributed by atoms with Crippen LogP contribution in [0.4, 0.5) is 0 Å². The van der Waals surface area contributed by atoms with Gasteiger partial charge in [-0.3, -0.25) is 57.5 Å². The smallest absolute Gasteiger partial charge is 0.251 e. The van der Waals surface area contributed by atoms with Gasteiger partial charge in [-0.1, -0.05) is 151 Å². The number of rotatable bonds is 33. The summed E-state index contributed by atoms with van der Waals surface area (Å²) in [6, 6.07) is 18.2. The number of carbonyl (C=O) groups is 12. The first-order valence-corrected chi connectivity index (χ1v) is 46.6. The number of aromatic nitrogens is 9. The first-order chi connectivity index (χ1) is 62.9. The molecule has 36 nitrogen and oxygen atoms in total. The second kappa shape index (κ2) is 42.1. The standard InChI is InChI=1S/C96H132N24O12/c1-55(97-13)82(121)106-79(94(4,5)6)91(130)115-52-67(46-76(115)88(127)103-73-34-22-28-58-25-16-19-31-70(58)73)118-49-64(109-112-118)37-40-100-85(124)61-43-62(86(125)101-41-38-65-50-119(113-110-65)68-47-77(89(128)104-74-35-23-29-59-26-17-20-32-71(59)74)116(53-68)92(131)80(95(7,8)9)107-83(122)56(2)98-14)45-63(44-61)87(126)102-42-39-66-51-120(114-111-66)69-48-78(90(129)105-75-36-24-30-60-27-18-21-33-72(60)75)117(54-69)93(132)81(96(10,11)12)108-84(123)57(3)99-15/h16-21,25-27,31-33,43-45,49-51,55-57,67-69,73-81,97-99H,22-24,28-30,34-42,46-48,52-54H2,1-15H3,(H,100,124)(H,101,125)(H,102,126)(H,103,127)(H,104,128)(H,105,129)(H,106,121)(H,107,122)(H,108,123)/t55-,56-,57-,67-,68-,69-,73+,74+,75+,76-,77-,78-,79+,80+,81+/m0/s1. The van der Waals surface area contributed by atoms with Crippen LogP contribution in [0.3, 0.4) is 0 Å². The lowest BCUT2D eigenvalue weighted by molar-refractivity contribution is -0.144. The zero-order chi connectivity index (χ0) is 94.8. The molecule has 15 atom stereocenters. The van der Waals surface area contributed by atoms with E-state index in [1.165, 1.54) is 18.2 Å². The molecule has 4 aromatic carbocycles. The predicted octanol–water partition coefficient (Wildman–Crippen LogP) is 4.80. The lowest BCUT2D eigenvalue weighted by Crippen LogP contribution is -2.59. The molecule has 3 saturated heterocycles. The number of aryl methyl sites for hydroxylation is 3. The summed E-state index contributed by atoms with van der Waals surface area (Å²) in [6.07, 6.45) is 13.6. The van der Waals surface area contributed by atoms with E-state index in [2.05, 4.69) is 113 Å². The van der Waals surface area contributed by atoms with E-state index in [1.54, 1.807) is 89.2 Å². The fourth-order valence-corrected chi connectivity index (χ4v) is 18.7. The van der Waals surface area contributed by atoms with Gasteiger partial charge in [0.25, 0.3) is 17.7 Å². The quantitative estimate of drug-likeness (QED) is 0.0263. The van der Waals surface area contributed by atoms with Crippen LogP contribution in [-0.2, 0) is 81.7 Å². The number of amides is 12. The number of carbonyl (C=O) groups excluding carboxylic acids is 12. The van der Waals surface area contributed by atoms with Gasteiger partial charge >= 0.3 is 0 Å². The van der Waals surface area contributed by atoms with Crippen LogP contribution in [0.15, 0.2) is 110 Å². The van der Waals surface area contributed by atoms with Crippen LogP contribution in [0.25, 0.3) is 0 Å². The van der Waals surface area contributed by atoms with Gasteiger partial charge in [-0.2, -0.15) is 0 Å². The molecule has 12 amide bonds. The van der Waals surface area contributed by atoms with E-state index in [-0.39, 0.29) is 148 Å². The van der Waals surface area contributed by atoms with Gasteiger partial charge in [0, 0.05) is 113 Å². The van der Waals surface area contributed by atoms with Crippen molar-refractivity contribution in [1.82, 2.24) is 123 Å². The Morgan fingerprint density at radius 1 is 0.379 bits per heavy atom. The molecule has 6 aliphatic rings. The first-order valence-electron chi connectivity index (χ1n) is 46.6. The molecule has 7 aromatic rings. The van der Waals surface area contributed by atoms with Gasteiger partial charge < -0.3 is 78.5 Å². The van der Waals surface area contributed by atoms with Crippen molar-refractivity contribution in [3.05, 3.63) is 177 Å². The minimum atomic E-state index is -1.00. The Bertz CT molecular complexity index is 4850. The number of likely N-dealkylation sites (N-methyl/N-ethyl adjacent to an activating group) is 3. The van der Waals surface area contributed by atoms with Crippen molar-refractivity contribution in [2.45, 2.75) is 270 Å². The summed E-state index contributed by atoms with van der Waals surface area (Å²) in [7, 11) is 4.97. The summed E-state index contributed by atoms with van der Waals surface area (Å²) in [5.74, 6) is -5.27. The van der Waals surface area contributed by atoms with E-state index >= 15 is 14.4 Å². The van der Waals surface area contributed by atoms with Gasteiger partial charge in [0.15, 0.2) is 0 Å². The van der Waals surface area contributed by atoms with Crippen molar-refractivity contribution in [2.75, 3.05) is 60.4 Å². The van der Waals surface area contributed by atoms with Crippen LogP contribution in [0.1, 0.15) is 259 Å². The van der Waals surface area contributed by atoms with E-state index in [9.17, 15) is 43.2 Å². The van der Waals surface area contributed by atoms with Crippen LogP contribution in [0.2, 0.25) is 0 Å². The molecular weight excluding hydrogens is 1680 g/mol. The number of nitrogens with one attached hydrogen (secondary N) is 12. The number of hydrogen-bond acceptors (Lipinski definition) is 21. The average Bonchev–Trinajstić information content (AvgIpc) is 1.64. The molecule has 3 aromatic heterocycles. The normalized spacial score (nSPS) is 21.5. The molecule has 0 saturated carbocycles. The number of hydrogen-bond donors (Lipinski definition) is 12. The molecule has 132 heavy (non-hydrogen) atoms. The number of likely N-dealkylation sites (tertiary alicyclic amines) is 3. The largest absolute Gasteiger partial charge is 0.352 e. The highest BCUT2D eigenvalue weighted by atomic mass is 16.2. The highest BCUT2D eigenvalue weighted by Gasteiger charge is 2.51. The minimum absolute atomic E-state index is 0.00695. The Labute approximate surface area is 771 Å². The third-order valence-corrected chi connectivity index (χ3v) is 26.8. The maximum atomic E-state index is 15.0. The van der Waals surface area contributed by atoms with Crippen molar-refractivity contribution in [3.8, 4) is 0 Å². The minimum Gasteiger partial charge on any atom is -0.352 e. The van der Waals surface area contributed by atoms with E-state index in [1.807, 2.05) is 117 Å². The molecule has 6 heterocycles. The fourth-order valence-electron chi connectivity index (χ4n) is 18.7. The van der Waals surface area contributed by atoms with Gasteiger partial charge in [0.05, 0.1) is 71.5 Å². The molecule has 708 valence electrons. The average molecular weight is 1810 g/mol. The Kier molecular flexibility index (Phi) is 31.1. The van der Waals surface area contributed by atoms with Gasteiger partial charge in [-0.05, 0) is 168 Å². The highest BCUT2D eigenvalue weighted by Crippen LogP contribution is 2.39. The second-order valence-electron chi connectivity index (χ2n) is 39.5. The first kappa shape index (κ1) is 97.4. The lowest BCUT2D eigenvalue weighted by atomic mass is 9.85. The summed E-state index contributed by atoms with van der Waals surface area (Å²) in [5.41, 5.74) is 5.59. The maximum absolute atomic E-state index is 15.0. The molecule has 12 N–H and O–H groups in total. The van der Waals surface area contributed by atoms with E-state index in [0.29, 0.717) is 17.1 Å². The molecule has 3 aliphatic heterocycles. The summed E-state index contributed by atoms with van der Waals surface area (Å²) >= 11 is 0. The van der Waals surface area contributed by atoms with Gasteiger partial charge in [-0.15, -0.1) is 15.3 Å². The van der Waals surface area contributed by atoms with Crippen molar-refractivity contribution in [2.24, 2.45) is 16.2 Å². The molecule has 3 fully saturated rings. The number of nitrogens with zero attached hydrogens (tertiary/aromatic N) is 12. The summed E-state index contributed by atoms with van der Waals surface area (Å²) in [4.78, 5) is 178. The second-order valence-corrected chi connectivity index (χ2v) is 39.5. The fraction of sp³-hybridized carbons (Fsp3) is 0.562. The third kappa shape index (κ3) is 23.1. The van der Waals surface area contributed by atoms with Crippen LogP contribution in [0, 0.1) is 16.2 Å². The predicted molar refractivity (Wildman–Crippen MR) is 493 cm³/mol. The SMILES string of the molecule is CN[C@@H](C)C(=O)N[C@H](C(=O)N1C[C@@H](n2cc(CCNC(=O)c3cc(C(=O)NCCc4cn([C@H]5C[C@@H](C(=O)N[C@@H]6CCCc7ccccc76)N(C(=O)[C@@H](NC(=O)[C@H](C)NC)C(C)(C)C)C5)nn4)cc(C(=O)NCCc4cn([C@H]5C[C@@H](C(=O)N[C@@H]6CCCc7ccccc76)N(C(=O)[C@@H](NC(=O)[C@H](C)NC)C(C)(C)C)C5)nn4)c3)nn2)C[C@H]1C(=O)N[C@@H]1CCCc2ccccc21)C(C)(C)C. The zero-order valence-corrected chi connectivity index (χ0v) is 78.7. The van der Waals surface area contributed by atoms with E-state index in [4.69, 9.17) is 0 Å². The van der Waals surface area contributed by atoms with Crippen molar-refractivity contribution >= 4 is 70.9 Å². The molecule has 0 unspecified atom stereocenters. The lowest BCUT2D eigenvalue weighted by Gasteiger charge is -2.36. The van der Waals surface area contributed by atoms with E-state index < -0.39 is 124 Å². The monoisotopic (exact) mass is 1810 g/mol. The molecule has 0 bridgehead atoms. The topological polar surface area (TPSA) is 451 Å². The van der Waals surface area contributed by atoms with Gasteiger partial charge in [0.2, 0.25) is 53.2 Å². The van der Waals surface area contributed by atoms with Crippen LogP contribution >= 0.6 is 0 Å². The molecule has 13 rings (SSSR count). The van der Waals surface area contributed by atoms with Crippen LogP contribution in [-0.4, -0.2) is 245 Å². The summed E-state index contributed by atoms with van der Waals surface area (Å²) in [6.45, 7) is 22.1. The molecular formula is C96H132N24O12. The third-order valence-electron chi connectivity index (χ3n) is 26.8. The zero-order valence-electron chi connectivity index (χ0n) is 78.7. The van der Waals surface area contributed by atoms with Crippen LogP contribution in [0.5, 0.6) is 0 Å². The van der Waals surface area contributed by atoms with E-state index in [0.717, 1.165) is 91.2 Å². The number of fused-ring (bicyclic) bond motifs is 3. The molecule has 0 radical (unpaired) electrons. The Balaban J connectivity index is 0.713. The molecule has 36 heteroatoms. The highest BCUT2D eigenvalue weighted by molar-refractivity contribution is 6.05. The Morgan fingerprint density at radius 3 is 0.886 bits per heavy atom. The van der Waals surface area contributed by atoms with Gasteiger partial charge in [0.1, 0.15) is 36.3 Å². The van der Waals surface area contributed by atoms with Crippen molar-refractivity contribution in [3.63, 3.8) is 0 Å². The Morgan fingerprint density at radius 2 is 0.636 bits per heavy atom. The van der Waals surface area contributed by atoms with Crippen molar-refractivity contribution < 1.29 is 57.5 Å². The van der Waals surface area contributed by atoms with Crippen molar-refractivity contribution in [1.29, 1.82) is 0 Å². The van der Waals surface area contributed by atoms with Gasteiger partial charge in [-0.25, -0.2) is 14.0 Å². The Hall–Kier alpha value is -12.2. The molecule has 0 spiro atoms. The molecule has 3 aliphatic carbocycles. The summed E-state index contributed by atoms with van der Waals surface area (Å²) < 4.78 is 4.86. The maximum Gasteiger partial charge on any atom is 0.251 e. The summed E-state index contributed by atoms with van der Waals surface area (Å²) in [5, 5.41) is 63.2. The van der Waals surface area contributed by atoms with Crippen LogP contribution < -0.4 is 63.8 Å².